The average molecular weight is 593 g/mol. The molecule has 3 atom stereocenters. The Balaban J connectivity index is 0.000000222. The normalized spacial score (nSPS) is 18.6. The largest absolute Gasteiger partial charge is 0.351 e. The second kappa shape index (κ2) is 13.5. The lowest BCUT2D eigenvalue weighted by Crippen LogP contribution is -2.41. The molecule has 11 heteroatoms. The number of fused-ring (bicyclic) bond motifs is 1. The average Bonchev–Trinajstić information content (AvgIpc) is 3.42. The van der Waals surface area contributed by atoms with Gasteiger partial charge in [0.25, 0.3) is 0 Å². The number of aromatic nitrogens is 1. The molecular weight excluding hydrogens is 558 g/mol. The number of amides is 1. The van der Waals surface area contributed by atoms with Crippen LogP contribution < -0.4 is 10.5 Å². The molecule has 1 saturated heterocycles. The molecule has 0 radical (unpaired) electrons. The summed E-state index contributed by atoms with van der Waals surface area (Å²) < 4.78 is 40.3. The maximum atomic E-state index is 13.6. The fourth-order valence-corrected chi connectivity index (χ4v) is 5.36. The van der Waals surface area contributed by atoms with Gasteiger partial charge in [-0.05, 0) is 44.0 Å². The highest BCUT2D eigenvalue weighted by molar-refractivity contribution is 7.98. The molecule has 0 spiro atoms. The molecule has 1 amide bonds. The van der Waals surface area contributed by atoms with Crippen LogP contribution in [0.2, 0.25) is 5.02 Å². The first-order chi connectivity index (χ1) is 18.8. The summed E-state index contributed by atoms with van der Waals surface area (Å²) in [5.41, 5.74) is 3.03. The summed E-state index contributed by atoms with van der Waals surface area (Å²) in [5.74, 6) is 3.03. The van der Waals surface area contributed by atoms with E-state index in [1.54, 1.807) is 37.1 Å². The van der Waals surface area contributed by atoms with Crippen molar-refractivity contribution in [2.45, 2.75) is 45.1 Å². The fourth-order valence-electron chi connectivity index (χ4n) is 4.58. The van der Waals surface area contributed by atoms with Crippen molar-refractivity contribution in [1.29, 1.82) is 0 Å². The number of hydrogen-bond donors (Lipinski definition) is 2. The molecule has 0 bridgehead atoms. The van der Waals surface area contributed by atoms with Gasteiger partial charge in [0.15, 0.2) is 5.78 Å². The number of likely N-dealkylation sites (N-methyl/N-ethyl adjacent to an activating group) is 1. The van der Waals surface area contributed by atoms with Gasteiger partial charge in [0.1, 0.15) is 12.0 Å². The third-order valence-electron chi connectivity index (χ3n) is 6.67. The quantitative estimate of drug-likeness (QED) is 0.220. The summed E-state index contributed by atoms with van der Waals surface area (Å²) in [6, 6.07) is 10.0. The van der Waals surface area contributed by atoms with Crippen molar-refractivity contribution in [3.63, 3.8) is 0 Å². The summed E-state index contributed by atoms with van der Waals surface area (Å²) in [5, 5.41) is 9.03. The Morgan fingerprint density at radius 3 is 2.62 bits per heavy atom. The number of nitrogens with two attached hydrogens (primary N) is 1. The number of likely N-dealkylation sites (tertiary alicyclic amines) is 1. The van der Waals surface area contributed by atoms with Crippen molar-refractivity contribution >= 4 is 49.8 Å². The Morgan fingerprint density at radius 1 is 1.30 bits per heavy atom. The lowest BCUT2D eigenvalue weighted by atomic mass is 10.1. The van der Waals surface area contributed by atoms with Gasteiger partial charge in [-0.1, -0.05) is 41.9 Å². The Bertz CT molecular complexity index is 1510. The second-order valence-electron chi connectivity index (χ2n) is 9.93. The van der Waals surface area contributed by atoms with Crippen molar-refractivity contribution in [3.8, 4) is 0 Å². The summed E-state index contributed by atoms with van der Waals surface area (Å²) in [6.45, 7) is 6.24. The van der Waals surface area contributed by atoms with E-state index >= 15 is 0 Å². The van der Waals surface area contributed by atoms with Gasteiger partial charge in [0.05, 0.1) is 11.1 Å². The van der Waals surface area contributed by atoms with Crippen LogP contribution in [-0.2, 0) is 34.0 Å². The fraction of sp³-hybridized carbons (Fsp3) is 0.345. The van der Waals surface area contributed by atoms with Gasteiger partial charge in [-0.3, -0.25) is 23.8 Å². The van der Waals surface area contributed by atoms with Gasteiger partial charge in [-0.25, -0.2) is 8.78 Å². The Kier molecular flexibility index (Phi) is 10.7. The number of hydrogen-bond acceptors (Lipinski definition) is 4. The van der Waals surface area contributed by atoms with E-state index in [0.717, 1.165) is 16.5 Å². The Morgan fingerprint density at radius 2 is 2.02 bits per heavy atom. The number of allylic oxidation sites excluding steroid dienone is 1. The second-order valence-corrected chi connectivity index (χ2v) is 12.5. The molecule has 1 unspecified atom stereocenters. The van der Waals surface area contributed by atoms with Crippen LogP contribution in [0.4, 0.5) is 8.78 Å². The molecule has 1 fully saturated rings. The number of alkyl halides is 1. The van der Waals surface area contributed by atoms with Crippen LogP contribution in [0, 0.1) is 5.82 Å². The van der Waals surface area contributed by atoms with Crippen molar-refractivity contribution in [2.24, 2.45) is 5.14 Å². The number of nitrogens with one attached hydrogen (secondary N) is 1. The molecule has 2 heterocycles. The number of carbonyl (C=O) groups excluding carboxylic acids is 2. The van der Waals surface area contributed by atoms with Gasteiger partial charge >= 0.3 is 0 Å². The highest BCUT2D eigenvalue weighted by Gasteiger charge is 2.34. The first-order valence-electron chi connectivity index (χ1n) is 12.7. The first kappa shape index (κ1) is 31.5. The van der Waals surface area contributed by atoms with Crippen molar-refractivity contribution < 1.29 is 22.6 Å². The molecule has 0 saturated carbocycles. The zero-order valence-electron chi connectivity index (χ0n) is 22.7. The first-order valence-corrected chi connectivity index (χ1v) is 15.1. The predicted molar refractivity (Wildman–Crippen MR) is 159 cm³/mol. The monoisotopic (exact) mass is 592 g/mol. The van der Waals surface area contributed by atoms with E-state index in [1.807, 2.05) is 29.0 Å². The topological polar surface area (TPSA) is 97.4 Å². The number of carbonyl (C=O) groups is 2. The third kappa shape index (κ3) is 8.23. The molecule has 216 valence electrons. The lowest BCUT2D eigenvalue weighted by molar-refractivity contribution is -0.125. The van der Waals surface area contributed by atoms with E-state index in [9.17, 15) is 22.6 Å². The molecule has 1 aliphatic heterocycles. The summed E-state index contributed by atoms with van der Waals surface area (Å²) in [7, 11) is -0.783. The summed E-state index contributed by atoms with van der Waals surface area (Å²) in [4.78, 5) is 25.3. The number of Topliss-reactive ketones (excluding diaryl/α,β-unsaturated/α-hetero) is 1. The van der Waals surface area contributed by atoms with Crippen molar-refractivity contribution in [2.75, 3.05) is 19.3 Å². The number of halogens is 3. The molecular formula is C29H35ClF2N4O3S. The zero-order valence-corrected chi connectivity index (χ0v) is 24.2. The Hall–Kier alpha value is -3.05. The standard InChI is InChI=1S/C16H20N2O2S.C13H15ClF2N2O/c1-4-8-18-11-15(12(2)19)14-6-5-13(10-16(14)18)7-9-21(3,17)20;1-18-7-9(15)5-11(18)13(19)17-6-8-3-2-4-10(14)12(8)16/h4-6,10-11H,1,3,7-9H2,2H3,(H2,17,20);2-4,9,11H,5-7H2,1H3,(H,17,19)/t;9-,11+/m.1/s1. The molecule has 1 aromatic heterocycles. The van der Waals surface area contributed by atoms with Crippen LogP contribution in [-0.4, -0.2) is 62.8 Å². The van der Waals surface area contributed by atoms with Crippen LogP contribution in [0.3, 0.4) is 0 Å². The zero-order chi connectivity index (χ0) is 29.6. The molecule has 1 aliphatic rings. The number of benzene rings is 2. The minimum absolute atomic E-state index is 0.0218. The van der Waals surface area contributed by atoms with E-state index in [4.69, 9.17) is 16.7 Å². The third-order valence-corrected chi connectivity index (χ3v) is 7.86. The van der Waals surface area contributed by atoms with Crippen molar-refractivity contribution in [1.82, 2.24) is 14.8 Å². The van der Waals surface area contributed by atoms with E-state index < -0.39 is 27.7 Å². The van der Waals surface area contributed by atoms with E-state index in [2.05, 4.69) is 17.8 Å². The van der Waals surface area contributed by atoms with Gasteiger partial charge in [0, 0.05) is 69.7 Å². The number of ketones is 1. The van der Waals surface area contributed by atoms with Gasteiger partial charge < -0.3 is 9.88 Å². The smallest absolute Gasteiger partial charge is 0.237 e. The number of nitrogens with zero attached hydrogens (tertiary/aromatic N) is 2. The van der Waals surface area contributed by atoms with Crippen LogP contribution in [0.25, 0.3) is 10.9 Å². The predicted octanol–water partition coefficient (Wildman–Crippen LogP) is 4.30. The molecule has 4 rings (SSSR count). The SMILES string of the molecule is C=CCn1cc(C(C)=O)c2ccc(CCS(=C)(N)=O)cc21.CN1C[C@H](F)C[C@H]1C(=O)NCc1cccc(Cl)c1F. The minimum Gasteiger partial charge on any atom is -0.351 e. The molecule has 3 N–H and O–H groups in total. The van der Waals surface area contributed by atoms with Gasteiger partial charge in [-0.15, -0.1) is 6.58 Å². The van der Waals surface area contributed by atoms with Crippen molar-refractivity contribution in [3.05, 3.63) is 82.8 Å². The number of aryl methyl sites for hydroxylation is 1. The van der Waals surface area contributed by atoms with Gasteiger partial charge in [-0.2, -0.15) is 0 Å². The summed E-state index contributed by atoms with van der Waals surface area (Å²) >= 11 is 5.65. The van der Waals surface area contributed by atoms with Gasteiger partial charge in [0.2, 0.25) is 5.91 Å². The number of rotatable bonds is 9. The molecule has 0 aliphatic carbocycles. The Labute approximate surface area is 239 Å². The minimum atomic E-state index is -2.48. The lowest BCUT2D eigenvalue weighted by Gasteiger charge is -2.18. The maximum absolute atomic E-state index is 13.6. The van der Waals surface area contributed by atoms with E-state index in [0.29, 0.717) is 29.8 Å². The van der Waals surface area contributed by atoms with Crippen LogP contribution in [0.15, 0.2) is 55.3 Å². The highest BCUT2D eigenvalue weighted by Crippen LogP contribution is 2.24. The van der Waals surface area contributed by atoms with Crippen LogP contribution in [0.1, 0.15) is 34.8 Å². The maximum Gasteiger partial charge on any atom is 0.237 e. The molecule has 7 nitrogen and oxygen atoms in total. The van der Waals surface area contributed by atoms with E-state index in [1.165, 1.54) is 6.07 Å². The molecule has 40 heavy (non-hydrogen) atoms. The molecule has 3 aromatic rings. The highest BCUT2D eigenvalue weighted by atomic mass is 35.5. The van der Waals surface area contributed by atoms with E-state index in [-0.39, 0.29) is 36.2 Å². The molecule has 2 aromatic carbocycles. The van der Waals surface area contributed by atoms with Crippen LogP contribution in [0.5, 0.6) is 0 Å². The van der Waals surface area contributed by atoms with Crippen LogP contribution >= 0.6 is 11.6 Å². The summed E-state index contributed by atoms with van der Waals surface area (Å²) in [6.07, 6.45) is 3.44.